The molecule has 1 aliphatic carbocycles. The van der Waals surface area contributed by atoms with E-state index in [-0.39, 0.29) is 11.8 Å². The van der Waals surface area contributed by atoms with Gasteiger partial charge in [0.15, 0.2) is 0 Å². The third kappa shape index (κ3) is 4.04. The summed E-state index contributed by atoms with van der Waals surface area (Å²) < 4.78 is 5.19. The molecule has 0 saturated heterocycles. The molecule has 0 bridgehead atoms. The minimum Gasteiger partial charge on any atom is -0.497 e. The van der Waals surface area contributed by atoms with Crippen LogP contribution in [0.5, 0.6) is 5.75 Å². The Bertz CT molecular complexity index is 751. The summed E-state index contributed by atoms with van der Waals surface area (Å²) in [4.78, 5) is 25.8. The van der Waals surface area contributed by atoms with Crippen molar-refractivity contribution >= 4 is 17.6 Å². The van der Waals surface area contributed by atoms with Crippen LogP contribution in [0.1, 0.15) is 18.4 Å². The lowest BCUT2D eigenvalue weighted by molar-refractivity contribution is -0.148. The SMILES string of the molecule is COc1ccc(N(CCc2ccccc2)C(=O)C2CC(C(=O)O)C2)cc1. The molecule has 1 N–H and O–H groups in total. The highest BCUT2D eigenvalue weighted by atomic mass is 16.5. The van der Waals surface area contributed by atoms with Crippen molar-refractivity contribution in [3.8, 4) is 5.75 Å². The summed E-state index contributed by atoms with van der Waals surface area (Å²) in [5.74, 6) is -0.679. The molecular weight excluding hydrogens is 330 g/mol. The van der Waals surface area contributed by atoms with E-state index < -0.39 is 11.9 Å². The molecular formula is C21H23NO4. The number of hydrogen-bond donors (Lipinski definition) is 1. The minimum atomic E-state index is -0.811. The maximum atomic E-state index is 13.0. The Hall–Kier alpha value is -2.82. The Morgan fingerprint density at radius 3 is 2.27 bits per heavy atom. The zero-order valence-electron chi connectivity index (χ0n) is 14.8. The predicted octanol–water partition coefficient (Wildman–Crippen LogP) is 3.38. The summed E-state index contributed by atoms with van der Waals surface area (Å²) in [6.07, 6.45) is 1.59. The molecule has 26 heavy (non-hydrogen) atoms. The first-order valence-electron chi connectivity index (χ1n) is 8.80. The molecule has 1 amide bonds. The largest absolute Gasteiger partial charge is 0.497 e. The number of ether oxygens (including phenoxy) is 1. The molecule has 2 aromatic rings. The van der Waals surface area contributed by atoms with Gasteiger partial charge in [0.1, 0.15) is 5.75 Å². The van der Waals surface area contributed by atoms with Gasteiger partial charge < -0.3 is 14.7 Å². The van der Waals surface area contributed by atoms with E-state index in [1.54, 1.807) is 12.0 Å². The number of carbonyl (C=O) groups is 2. The molecule has 0 heterocycles. The number of aliphatic carboxylic acids is 1. The lowest BCUT2D eigenvalue weighted by Gasteiger charge is -2.35. The average Bonchev–Trinajstić information content (AvgIpc) is 2.61. The van der Waals surface area contributed by atoms with E-state index in [4.69, 9.17) is 9.84 Å². The van der Waals surface area contributed by atoms with Crippen molar-refractivity contribution in [2.45, 2.75) is 19.3 Å². The number of benzene rings is 2. The molecule has 0 aliphatic heterocycles. The van der Waals surface area contributed by atoms with E-state index in [9.17, 15) is 9.59 Å². The second-order valence-corrected chi connectivity index (χ2v) is 6.63. The third-order valence-corrected chi connectivity index (χ3v) is 4.95. The van der Waals surface area contributed by atoms with Crippen LogP contribution in [0.3, 0.4) is 0 Å². The Morgan fingerprint density at radius 2 is 1.69 bits per heavy atom. The van der Waals surface area contributed by atoms with Crippen molar-refractivity contribution in [3.05, 3.63) is 60.2 Å². The smallest absolute Gasteiger partial charge is 0.306 e. The van der Waals surface area contributed by atoms with Crippen molar-refractivity contribution in [3.63, 3.8) is 0 Å². The Morgan fingerprint density at radius 1 is 1.04 bits per heavy atom. The summed E-state index contributed by atoms with van der Waals surface area (Å²) in [5.41, 5.74) is 1.97. The molecule has 0 spiro atoms. The number of methoxy groups -OCH3 is 1. The highest BCUT2D eigenvalue weighted by molar-refractivity contribution is 5.96. The first-order valence-corrected chi connectivity index (χ1v) is 8.80. The van der Waals surface area contributed by atoms with Gasteiger partial charge in [-0.25, -0.2) is 0 Å². The molecule has 0 radical (unpaired) electrons. The van der Waals surface area contributed by atoms with Crippen molar-refractivity contribution < 1.29 is 19.4 Å². The van der Waals surface area contributed by atoms with Crippen molar-refractivity contribution in [1.29, 1.82) is 0 Å². The Balaban J connectivity index is 1.74. The lowest BCUT2D eigenvalue weighted by Crippen LogP contribution is -2.44. The molecule has 1 fully saturated rings. The fourth-order valence-electron chi connectivity index (χ4n) is 3.26. The van der Waals surface area contributed by atoms with Gasteiger partial charge >= 0.3 is 5.97 Å². The van der Waals surface area contributed by atoms with Gasteiger partial charge in [-0.3, -0.25) is 9.59 Å². The quantitative estimate of drug-likeness (QED) is 0.829. The maximum absolute atomic E-state index is 13.0. The molecule has 1 aliphatic rings. The first kappa shape index (κ1) is 18.0. The summed E-state index contributed by atoms with van der Waals surface area (Å²) in [6, 6.07) is 17.4. The highest BCUT2D eigenvalue weighted by Gasteiger charge is 2.40. The number of carboxylic acids is 1. The van der Waals surface area contributed by atoms with Gasteiger partial charge in [0.05, 0.1) is 13.0 Å². The fourth-order valence-corrected chi connectivity index (χ4v) is 3.26. The van der Waals surface area contributed by atoms with Gasteiger partial charge in [0, 0.05) is 18.2 Å². The van der Waals surface area contributed by atoms with Crippen molar-refractivity contribution in [2.24, 2.45) is 11.8 Å². The Kier molecular flexibility index (Phi) is 5.56. The third-order valence-electron chi connectivity index (χ3n) is 4.95. The molecule has 0 aromatic heterocycles. The van der Waals surface area contributed by atoms with E-state index in [2.05, 4.69) is 0 Å². The van der Waals surface area contributed by atoms with Crippen LogP contribution in [0.4, 0.5) is 5.69 Å². The molecule has 136 valence electrons. The van der Waals surface area contributed by atoms with Gasteiger partial charge in [0.2, 0.25) is 5.91 Å². The first-order chi connectivity index (χ1) is 12.6. The van der Waals surface area contributed by atoms with E-state index in [1.165, 1.54) is 0 Å². The van der Waals surface area contributed by atoms with Crippen LogP contribution < -0.4 is 9.64 Å². The number of carboxylic acid groups (broad SMARTS) is 1. The predicted molar refractivity (Wildman–Crippen MR) is 99.3 cm³/mol. The zero-order valence-corrected chi connectivity index (χ0v) is 14.8. The monoisotopic (exact) mass is 353 g/mol. The van der Waals surface area contributed by atoms with Crippen molar-refractivity contribution in [2.75, 3.05) is 18.6 Å². The molecule has 0 unspecified atom stereocenters. The summed E-state index contributed by atoms with van der Waals surface area (Å²) >= 11 is 0. The van der Waals surface area contributed by atoms with Gasteiger partial charge in [-0.1, -0.05) is 30.3 Å². The van der Waals surface area contributed by atoms with Crippen LogP contribution in [-0.2, 0) is 16.0 Å². The molecule has 2 aromatic carbocycles. The second-order valence-electron chi connectivity index (χ2n) is 6.63. The fraction of sp³-hybridized carbons (Fsp3) is 0.333. The molecule has 0 atom stereocenters. The van der Waals surface area contributed by atoms with Crippen LogP contribution in [0.25, 0.3) is 0 Å². The highest BCUT2D eigenvalue weighted by Crippen LogP contribution is 2.36. The van der Waals surface area contributed by atoms with Gasteiger partial charge in [-0.15, -0.1) is 0 Å². The van der Waals surface area contributed by atoms with Gasteiger partial charge in [0.25, 0.3) is 0 Å². The normalized spacial score (nSPS) is 18.7. The van der Waals surface area contributed by atoms with Gasteiger partial charge in [-0.05, 0) is 49.1 Å². The summed E-state index contributed by atoms with van der Waals surface area (Å²) in [5, 5.41) is 9.06. The number of hydrogen-bond acceptors (Lipinski definition) is 3. The van der Waals surface area contributed by atoms with Crippen molar-refractivity contribution in [1.82, 2.24) is 0 Å². The van der Waals surface area contributed by atoms with Crippen LogP contribution in [0, 0.1) is 11.8 Å². The number of rotatable bonds is 7. The molecule has 1 saturated carbocycles. The standard InChI is InChI=1S/C21H23NO4/c1-26-19-9-7-18(8-10-19)22(12-11-15-5-3-2-4-6-15)20(23)16-13-17(14-16)21(24)25/h2-10,16-17H,11-14H2,1H3,(H,24,25). The summed E-state index contributed by atoms with van der Waals surface area (Å²) in [6.45, 7) is 0.559. The minimum absolute atomic E-state index is 0.00333. The van der Waals surface area contributed by atoms with E-state index in [1.807, 2.05) is 54.6 Å². The molecule has 3 rings (SSSR count). The van der Waals surface area contributed by atoms with E-state index in [0.29, 0.717) is 19.4 Å². The van der Waals surface area contributed by atoms with E-state index >= 15 is 0 Å². The van der Waals surface area contributed by atoms with E-state index in [0.717, 1.165) is 23.4 Å². The maximum Gasteiger partial charge on any atom is 0.306 e. The topological polar surface area (TPSA) is 66.8 Å². The van der Waals surface area contributed by atoms with Crippen LogP contribution in [0.2, 0.25) is 0 Å². The van der Waals surface area contributed by atoms with Crippen LogP contribution >= 0.6 is 0 Å². The number of amides is 1. The van der Waals surface area contributed by atoms with Crippen LogP contribution in [-0.4, -0.2) is 30.6 Å². The lowest BCUT2D eigenvalue weighted by atomic mass is 9.74. The second kappa shape index (κ2) is 8.04. The molecule has 5 nitrogen and oxygen atoms in total. The number of carbonyl (C=O) groups excluding carboxylic acids is 1. The Labute approximate surface area is 153 Å². The van der Waals surface area contributed by atoms with Crippen LogP contribution in [0.15, 0.2) is 54.6 Å². The number of anilines is 1. The van der Waals surface area contributed by atoms with Gasteiger partial charge in [-0.2, -0.15) is 0 Å². The zero-order chi connectivity index (χ0) is 18.5. The summed E-state index contributed by atoms with van der Waals surface area (Å²) in [7, 11) is 1.60. The average molecular weight is 353 g/mol. The number of nitrogens with zero attached hydrogens (tertiary/aromatic N) is 1. The molecule has 5 heteroatoms.